The van der Waals surface area contributed by atoms with Gasteiger partial charge in [-0.15, -0.1) is 0 Å². The first-order valence-corrected chi connectivity index (χ1v) is 7.94. The van der Waals surface area contributed by atoms with Gasteiger partial charge in [-0.2, -0.15) is 5.10 Å². The van der Waals surface area contributed by atoms with E-state index in [4.69, 9.17) is 4.74 Å². The van der Waals surface area contributed by atoms with Crippen LogP contribution >= 0.6 is 0 Å². The Morgan fingerprint density at radius 3 is 2.46 bits per heavy atom. The molecule has 0 aliphatic rings. The van der Waals surface area contributed by atoms with E-state index in [0.29, 0.717) is 19.0 Å². The number of carbonyl (C=O) groups is 1. The Kier molecular flexibility index (Phi) is 6.62. The van der Waals surface area contributed by atoms with Crippen LogP contribution in [0.25, 0.3) is 0 Å². The number of aromatic nitrogens is 2. The van der Waals surface area contributed by atoms with E-state index in [-0.39, 0.29) is 0 Å². The summed E-state index contributed by atoms with van der Waals surface area (Å²) in [5, 5.41) is 13.4. The highest BCUT2D eigenvalue weighted by molar-refractivity contribution is 5.79. The fourth-order valence-electron chi connectivity index (χ4n) is 1.90. The van der Waals surface area contributed by atoms with Crippen molar-refractivity contribution < 1.29 is 9.53 Å². The van der Waals surface area contributed by atoms with Crippen LogP contribution in [-0.2, 0) is 18.3 Å². The molecule has 136 valence electrons. The van der Waals surface area contributed by atoms with Crippen LogP contribution in [0.2, 0.25) is 0 Å². The second-order valence-corrected chi connectivity index (χ2v) is 7.31. The van der Waals surface area contributed by atoms with E-state index in [1.165, 1.54) is 0 Å². The highest BCUT2D eigenvalue weighted by Gasteiger charge is 2.24. The second-order valence-electron chi connectivity index (χ2n) is 7.31. The Hall–Kier alpha value is -2.25. The zero-order valence-corrected chi connectivity index (χ0v) is 15.7. The van der Waals surface area contributed by atoms with E-state index >= 15 is 0 Å². The highest BCUT2D eigenvalue weighted by atomic mass is 16.6. The molecule has 24 heavy (non-hydrogen) atoms. The molecule has 0 bridgehead atoms. The molecular weight excluding hydrogens is 308 g/mol. The zero-order chi connectivity index (χ0) is 18.4. The van der Waals surface area contributed by atoms with Gasteiger partial charge < -0.3 is 20.7 Å². The van der Waals surface area contributed by atoms with Crippen molar-refractivity contribution in [3.05, 3.63) is 18.0 Å². The van der Waals surface area contributed by atoms with Crippen molar-refractivity contribution >= 4 is 12.1 Å². The summed E-state index contributed by atoms with van der Waals surface area (Å²) in [7, 11) is 3.58. The molecule has 0 spiro atoms. The number of carbonyl (C=O) groups excluding carboxylic acids is 1. The Labute approximate surface area is 144 Å². The second kappa shape index (κ2) is 8.03. The van der Waals surface area contributed by atoms with Gasteiger partial charge in [-0.3, -0.25) is 9.67 Å². The van der Waals surface area contributed by atoms with E-state index in [1.807, 2.05) is 47.9 Å². The lowest BCUT2D eigenvalue weighted by Crippen LogP contribution is -2.54. The van der Waals surface area contributed by atoms with Gasteiger partial charge in [0, 0.05) is 38.9 Å². The number of nitrogens with one attached hydrogen (secondary N) is 3. The summed E-state index contributed by atoms with van der Waals surface area (Å²) in [5.41, 5.74) is 0.0509. The van der Waals surface area contributed by atoms with Crippen molar-refractivity contribution in [3.8, 4) is 0 Å². The Balaban J connectivity index is 2.44. The van der Waals surface area contributed by atoms with Gasteiger partial charge in [0.1, 0.15) is 5.60 Å². The van der Waals surface area contributed by atoms with Gasteiger partial charge in [0.05, 0.1) is 11.7 Å². The third-order valence-electron chi connectivity index (χ3n) is 2.98. The molecule has 1 amide bonds. The van der Waals surface area contributed by atoms with E-state index < -0.39 is 17.2 Å². The van der Waals surface area contributed by atoms with E-state index in [1.54, 1.807) is 17.9 Å². The first-order chi connectivity index (χ1) is 11.0. The van der Waals surface area contributed by atoms with Gasteiger partial charge in [0.25, 0.3) is 0 Å². The highest BCUT2D eigenvalue weighted by Crippen LogP contribution is 2.09. The molecule has 0 saturated carbocycles. The van der Waals surface area contributed by atoms with Crippen LogP contribution in [0.3, 0.4) is 0 Å². The zero-order valence-electron chi connectivity index (χ0n) is 15.7. The molecule has 0 aliphatic carbocycles. The van der Waals surface area contributed by atoms with Crippen LogP contribution in [0.1, 0.15) is 40.2 Å². The van der Waals surface area contributed by atoms with Crippen LogP contribution in [0, 0.1) is 0 Å². The van der Waals surface area contributed by atoms with Gasteiger partial charge in [-0.05, 0) is 34.6 Å². The van der Waals surface area contributed by atoms with Gasteiger partial charge in [0.15, 0.2) is 5.96 Å². The molecule has 0 fully saturated rings. The smallest absolute Gasteiger partial charge is 0.408 e. The molecule has 8 nitrogen and oxygen atoms in total. The Bertz CT molecular complexity index is 571. The number of amides is 1. The predicted molar refractivity (Wildman–Crippen MR) is 94.9 cm³/mol. The number of hydrogen-bond acceptors (Lipinski definition) is 4. The maximum atomic E-state index is 11.9. The van der Waals surface area contributed by atoms with Gasteiger partial charge in [0.2, 0.25) is 0 Å². The van der Waals surface area contributed by atoms with Crippen molar-refractivity contribution in [2.24, 2.45) is 12.0 Å². The molecule has 0 aromatic carbocycles. The average molecular weight is 338 g/mol. The quantitative estimate of drug-likeness (QED) is 0.557. The normalized spacial score (nSPS) is 12.7. The van der Waals surface area contributed by atoms with Crippen LogP contribution in [0.4, 0.5) is 4.79 Å². The summed E-state index contributed by atoms with van der Waals surface area (Å²) >= 11 is 0. The molecule has 8 heteroatoms. The maximum absolute atomic E-state index is 11.9. The number of ether oxygens (including phenoxy) is 1. The molecule has 1 heterocycles. The monoisotopic (exact) mass is 338 g/mol. The first-order valence-electron chi connectivity index (χ1n) is 7.94. The summed E-state index contributed by atoms with van der Waals surface area (Å²) in [6.45, 7) is 10.5. The fourth-order valence-corrected chi connectivity index (χ4v) is 1.90. The number of alkyl carbamates (subject to hydrolysis) is 1. The third kappa shape index (κ3) is 7.85. The molecule has 0 aliphatic heterocycles. The summed E-state index contributed by atoms with van der Waals surface area (Å²) in [4.78, 5) is 16.1. The van der Waals surface area contributed by atoms with Crippen molar-refractivity contribution in [1.82, 2.24) is 25.7 Å². The number of hydrogen-bond donors (Lipinski definition) is 3. The minimum Gasteiger partial charge on any atom is -0.444 e. The van der Waals surface area contributed by atoms with Crippen molar-refractivity contribution in [3.63, 3.8) is 0 Å². The van der Waals surface area contributed by atoms with Crippen LogP contribution in [-0.4, -0.2) is 46.6 Å². The van der Waals surface area contributed by atoms with Crippen molar-refractivity contribution in [2.45, 2.75) is 52.3 Å². The fraction of sp³-hybridized carbons (Fsp3) is 0.688. The summed E-state index contributed by atoms with van der Waals surface area (Å²) in [5.74, 6) is 0.651. The molecule has 0 atom stereocenters. The number of rotatable bonds is 5. The molecular formula is C16H30N6O2. The standard InChI is InChI=1S/C16H30N6O2/c1-15(2,3)24-14(23)21-16(4,5)11-19-13(17-6)18-8-12-9-20-22(7)10-12/h9-10H,8,11H2,1-7H3,(H,21,23)(H2,17,18,19). The number of aryl methyl sites for hydroxylation is 1. The number of aliphatic imine (C=N–C) groups is 1. The summed E-state index contributed by atoms with van der Waals surface area (Å²) in [6, 6.07) is 0. The minimum atomic E-state index is -0.519. The predicted octanol–water partition coefficient (Wildman–Crippen LogP) is 1.39. The largest absolute Gasteiger partial charge is 0.444 e. The lowest BCUT2D eigenvalue weighted by Gasteiger charge is -2.29. The van der Waals surface area contributed by atoms with Crippen LogP contribution < -0.4 is 16.0 Å². The van der Waals surface area contributed by atoms with Gasteiger partial charge >= 0.3 is 6.09 Å². The van der Waals surface area contributed by atoms with Gasteiger partial charge in [-0.25, -0.2) is 4.79 Å². The molecule has 0 saturated heterocycles. The van der Waals surface area contributed by atoms with Crippen molar-refractivity contribution in [2.75, 3.05) is 13.6 Å². The topological polar surface area (TPSA) is 92.6 Å². The Morgan fingerprint density at radius 1 is 1.29 bits per heavy atom. The van der Waals surface area contributed by atoms with Crippen LogP contribution in [0.5, 0.6) is 0 Å². The first kappa shape index (κ1) is 19.8. The number of guanidine groups is 1. The molecule has 3 N–H and O–H groups in total. The lowest BCUT2D eigenvalue weighted by atomic mass is 10.1. The SMILES string of the molecule is CN=C(NCc1cnn(C)c1)NCC(C)(C)NC(=O)OC(C)(C)C. The van der Waals surface area contributed by atoms with E-state index in [9.17, 15) is 4.79 Å². The summed E-state index contributed by atoms with van der Waals surface area (Å²) < 4.78 is 7.03. The lowest BCUT2D eigenvalue weighted by molar-refractivity contribution is 0.0474. The summed E-state index contributed by atoms with van der Waals surface area (Å²) in [6.07, 6.45) is 3.30. The van der Waals surface area contributed by atoms with Gasteiger partial charge in [-0.1, -0.05) is 0 Å². The molecule has 1 aromatic heterocycles. The maximum Gasteiger partial charge on any atom is 0.408 e. The third-order valence-corrected chi connectivity index (χ3v) is 2.98. The van der Waals surface area contributed by atoms with E-state index in [0.717, 1.165) is 5.56 Å². The molecule has 0 radical (unpaired) electrons. The molecule has 1 aromatic rings. The molecule has 0 unspecified atom stereocenters. The van der Waals surface area contributed by atoms with Crippen LogP contribution in [0.15, 0.2) is 17.4 Å². The average Bonchev–Trinajstić information content (AvgIpc) is 2.81. The molecule has 1 rings (SSSR count). The Morgan fingerprint density at radius 2 is 1.96 bits per heavy atom. The minimum absolute atomic E-state index is 0.437. The van der Waals surface area contributed by atoms with Crippen molar-refractivity contribution in [1.29, 1.82) is 0 Å². The number of nitrogens with zero attached hydrogens (tertiary/aromatic N) is 3. The van der Waals surface area contributed by atoms with E-state index in [2.05, 4.69) is 26.0 Å².